The average molecular weight is 371 g/mol. The van der Waals surface area contributed by atoms with Crippen LogP contribution in [0.4, 0.5) is 5.69 Å². The number of carbonyl (C=O) groups is 3. The maximum Gasteiger partial charge on any atom is 0.335 e. The average Bonchev–Trinajstić information content (AvgIpc) is 2.65. The number of amides is 1. The molecule has 1 amide bonds. The highest BCUT2D eigenvalue weighted by atomic mass is 16.5. The van der Waals surface area contributed by atoms with E-state index in [4.69, 9.17) is 14.9 Å². The first-order valence-corrected chi connectivity index (χ1v) is 8.44. The zero-order chi connectivity index (χ0) is 20.0. The molecule has 2 aromatic rings. The number of carbonyl (C=O) groups excluding carboxylic acids is 1. The molecule has 3 N–H and O–H groups in total. The van der Waals surface area contributed by atoms with E-state index in [2.05, 4.69) is 19.2 Å². The SMILES string of the molecule is CC[C@@H](C)c1ccc(OCC(=O)Nc2cc(C(=O)O)cc(C(=O)O)c2)cc1. The first kappa shape index (κ1) is 20.0. The van der Waals surface area contributed by atoms with Crippen molar-refractivity contribution in [1.29, 1.82) is 0 Å². The lowest BCUT2D eigenvalue weighted by molar-refractivity contribution is -0.118. The molecule has 0 heterocycles. The van der Waals surface area contributed by atoms with Crippen LogP contribution in [0.5, 0.6) is 5.75 Å². The summed E-state index contributed by atoms with van der Waals surface area (Å²) in [6, 6.07) is 10.8. The summed E-state index contributed by atoms with van der Waals surface area (Å²) >= 11 is 0. The molecule has 1 atom stereocenters. The minimum atomic E-state index is -1.29. The summed E-state index contributed by atoms with van der Waals surface area (Å²) in [6.07, 6.45) is 1.02. The van der Waals surface area contributed by atoms with Crippen molar-refractivity contribution in [3.8, 4) is 5.75 Å². The number of nitrogens with one attached hydrogen (secondary N) is 1. The van der Waals surface area contributed by atoms with E-state index in [0.29, 0.717) is 11.7 Å². The largest absolute Gasteiger partial charge is 0.484 e. The highest BCUT2D eigenvalue weighted by Gasteiger charge is 2.13. The van der Waals surface area contributed by atoms with Gasteiger partial charge in [0.2, 0.25) is 0 Å². The molecule has 142 valence electrons. The second-order valence-corrected chi connectivity index (χ2v) is 6.12. The van der Waals surface area contributed by atoms with Crippen LogP contribution in [-0.4, -0.2) is 34.7 Å². The summed E-state index contributed by atoms with van der Waals surface area (Å²) in [5.41, 5.74) is 0.799. The maximum absolute atomic E-state index is 12.0. The summed E-state index contributed by atoms with van der Waals surface area (Å²) in [7, 11) is 0. The van der Waals surface area contributed by atoms with Gasteiger partial charge in [0.15, 0.2) is 6.61 Å². The van der Waals surface area contributed by atoms with Crippen LogP contribution in [0.3, 0.4) is 0 Å². The lowest BCUT2D eigenvalue weighted by Gasteiger charge is -2.11. The van der Waals surface area contributed by atoms with Gasteiger partial charge in [0, 0.05) is 5.69 Å². The highest BCUT2D eigenvalue weighted by molar-refractivity contribution is 5.98. The van der Waals surface area contributed by atoms with Crippen LogP contribution < -0.4 is 10.1 Å². The van der Waals surface area contributed by atoms with E-state index in [1.54, 1.807) is 12.1 Å². The van der Waals surface area contributed by atoms with Gasteiger partial charge in [-0.15, -0.1) is 0 Å². The Hall–Kier alpha value is -3.35. The number of hydrogen-bond acceptors (Lipinski definition) is 4. The molecule has 27 heavy (non-hydrogen) atoms. The highest BCUT2D eigenvalue weighted by Crippen LogP contribution is 2.21. The van der Waals surface area contributed by atoms with Gasteiger partial charge >= 0.3 is 11.9 Å². The van der Waals surface area contributed by atoms with Crippen LogP contribution in [0.2, 0.25) is 0 Å². The number of rotatable bonds is 8. The van der Waals surface area contributed by atoms with Crippen molar-refractivity contribution in [3.63, 3.8) is 0 Å². The van der Waals surface area contributed by atoms with Gasteiger partial charge < -0.3 is 20.3 Å². The molecular formula is C20H21NO6. The molecule has 7 heteroatoms. The second kappa shape index (κ2) is 8.84. The predicted octanol–water partition coefficient (Wildman–Crippen LogP) is 3.61. The number of anilines is 1. The van der Waals surface area contributed by atoms with Crippen molar-refractivity contribution in [3.05, 3.63) is 59.2 Å². The Balaban J connectivity index is 2.01. The molecule has 0 bridgehead atoms. The Labute approximate surface area is 156 Å². The predicted molar refractivity (Wildman–Crippen MR) is 99.6 cm³/mol. The molecule has 0 fully saturated rings. The number of benzene rings is 2. The van der Waals surface area contributed by atoms with Crippen LogP contribution >= 0.6 is 0 Å². The molecular weight excluding hydrogens is 350 g/mol. The smallest absolute Gasteiger partial charge is 0.335 e. The van der Waals surface area contributed by atoms with Gasteiger partial charge in [0.1, 0.15) is 5.75 Å². The molecule has 7 nitrogen and oxygen atoms in total. The lowest BCUT2D eigenvalue weighted by atomic mass is 9.99. The zero-order valence-electron chi connectivity index (χ0n) is 15.1. The van der Waals surface area contributed by atoms with Crippen LogP contribution in [0.1, 0.15) is 52.5 Å². The van der Waals surface area contributed by atoms with E-state index in [1.165, 1.54) is 17.7 Å². The van der Waals surface area contributed by atoms with Crippen molar-refractivity contribution in [2.24, 2.45) is 0 Å². The van der Waals surface area contributed by atoms with Crippen molar-refractivity contribution in [1.82, 2.24) is 0 Å². The summed E-state index contributed by atoms with van der Waals surface area (Å²) in [6.45, 7) is 3.94. The minimum absolute atomic E-state index is 0.0769. The lowest BCUT2D eigenvalue weighted by Crippen LogP contribution is -2.20. The Morgan fingerprint density at radius 2 is 1.56 bits per heavy atom. The molecule has 0 aliphatic heterocycles. The molecule has 0 aliphatic rings. The van der Waals surface area contributed by atoms with Gasteiger partial charge in [-0.05, 0) is 48.2 Å². The third-order valence-electron chi connectivity index (χ3n) is 4.14. The van der Waals surface area contributed by atoms with Crippen LogP contribution in [-0.2, 0) is 4.79 Å². The fourth-order valence-electron chi connectivity index (χ4n) is 2.42. The van der Waals surface area contributed by atoms with Gasteiger partial charge in [-0.1, -0.05) is 26.0 Å². The monoisotopic (exact) mass is 371 g/mol. The summed E-state index contributed by atoms with van der Waals surface area (Å²) in [5, 5.41) is 20.6. The third-order valence-corrected chi connectivity index (χ3v) is 4.14. The number of aromatic carboxylic acids is 2. The quantitative estimate of drug-likeness (QED) is 0.653. The van der Waals surface area contributed by atoms with E-state index in [0.717, 1.165) is 12.5 Å². The van der Waals surface area contributed by atoms with Crippen molar-refractivity contribution in [2.75, 3.05) is 11.9 Å². The van der Waals surface area contributed by atoms with Gasteiger partial charge in [-0.2, -0.15) is 0 Å². The third kappa shape index (κ3) is 5.57. The van der Waals surface area contributed by atoms with E-state index in [9.17, 15) is 14.4 Å². The number of ether oxygens (including phenoxy) is 1. The number of hydrogen-bond donors (Lipinski definition) is 3. The Morgan fingerprint density at radius 1 is 1.00 bits per heavy atom. The molecule has 2 rings (SSSR count). The Kier molecular flexibility index (Phi) is 6.54. The first-order chi connectivity index (χ1) is 12.8. The first-order valence-electron chi connectivity index (χ1n) is 8.44. The molecule has 0 radical (unpaired) electrons. The summed E-state index contributed by atoms with van der Waals surface area (Å²) in [5.74, 6) is -2.13. The van der Waals surface area contributed by atoms with Gasteiger partial charge in [-0.3, -0.25) is 4.79 Å². The van der Waals surface area contributed by atoms with Crippen LogP contribution in [0.25, 0.3) is 0 Å². The number of carboxylic acid groups (broad SMARTS) is 2. The molecule has 0 spiro atoms. The Bertz CT molecular complexity index is 812. The fraction of sp³-hybridized carbons (Fsp3) is 0.250. The standard InChI is InChI=1S/C20H21NO6/c1-3-12(2)13-4-6-17(7-5-13)27-11-18(22)21-16-9-14(19(23)24)8-15(10-16)20(25)26/h4-10,12H,3,11H2,1-2H3,(H,21,22)(H,23,24)(H,25,26)/t12-/m1/s1. The number of carboxylic acids is 2. The van der Waals surface area contributed by atoms with Crippen molar-refractivity contribution >= 4 is 23.5 Å². The molecule has 2 aromatic carbocycles. The minimum Gasteiger partial charge on any atom is -0.484 e. The second-order valence-electron chi connectivity index (χ2n) is 6.12. The van der Waals surface area contributed by atoms with Crippen LogP contribution in [0.15, 0.2) is 42.5 Å². The molecule has 0 saturated heterocycles. The van der Waals surface area contributed by atoms with E-state index in [1.807, 2.05) is 12.1 Å². The normalized spacial score (nSPS) is 11.5. The van der Waals surface area contributed by atoms with E-state index < -0.39 is 17.8 Å². The summed E-state index contributed by atoms with van der Waals surface area (Å²) < 4.78 is 5.42. The topological polar surface area (TPSA) is 113 Å². The van der Waals surface area contributed by atoms with Gasteiger partial charge in [0.05, 0.1) is 11.1 Å². The van der Waals surface area contributed by atoms with Gasteiger partial charge in [-0.25, -0.2) is 9.59 Å². The van der Waals surface area contributed by atoms with E-state index >= 15 is 0 Å². The van der Waals surface area contributed by atoms with E-state index in [-0.39, 0.29) is 23.4 Å². The van der Waals surface area contributed by atoms with Gasteiger partial charge in [0.25, 0.3) is 5.91 Å². The molecule has 0 unspecified atom stereocenters. The van der Waals surface area contributed by atoms with Crippen molar-refractivity contribution in [2.45, 2.75) is 26.2 Å². The fourth-order valence-corrected chi connectivity index (χ4v) is 2.42. The Morgan fingerprint density at radius 3 is 2.04 bits per heavy atom. The zero-order valence-corrected chi connectivity index (χ0v) is 15.1. The molecule has 0 aromatic heterocycles. The molecule has 0 saturated carbocycles. The maximum atomic E-state index is 12.0. The summed E-state index contributed by atoms with van der Waals surface area (Å²) in [4.78, 5) is 34.2. The van der Waals surface area contributed by atoms with Crippen molar-refractivity contribution < 1.29 is 29.3 Å². The molecule has 0 aliphatic carbocycles. The van der Waals surface area contributed by atoms with Crippen LogP contribution in [0, 0.1) is 0 Å².